The molecule has 112 valence electrons. The van der Waals surface area contributed by atoms with E-state index in [9.17, 15) is 4.79 Å². The fraction of sp³-hybridized carbons (Fsp3) is 0.353. The van der Waals surface area contributed by atoms with Gasteiger partial charge >= 0.3 is 0 Å². The van der Waals surface area contributed by atoms with Gasteiger partial charge in [-0.25, -0.2) is 0 Å². The first-order chi connectivity index (χ1) is 10.2. The smallest absolute Gasteiger partial charge is 0.243 e. The van der Waals surface area contributed by atoms with Crippen LogP contribution in [0, 0.1) is 0 Å². The maximum atomic E-state index is 12.6. The Bertz CT molecular complexity index is 609. The van der Waals surface area contributed by atoms with E-state index in [1.807, 2.05) is 43.5 Å². The Labute approximate surface area is 130 Å². The number of hydrogen-bond acceptors (Lipinski definition) is 3. The number of nitrogens with two attached hydrogens (primary N) is 1. The number of rotatable bonds is 6. The third kappa shape index (κ3) is 3.57. The zero-order chi connectivity index (χ0) is 15.2. The van der Waals surface area contributed by atoms with Gasteiger partial charge in [0.1, 0.15) is 0 Å². The van der Waals surface area contributed by atoms with E-state index in [1.54, 1.807) is 16.7 Å². The number of nitrogens with zero attached hydrogens (tertiary/aromatic N) is 1. The number of anilines is 1. The Balaban J connectivity index is 2.33. The molecule has 1 amide bonds. The van der Waals surface area contributed by atoms with E-state index in [4.69, 9.17) is 5.73 Å². The summed E-state index contributed by atoms with van der Waals surface area (Å²) in [7, 11) is 0. The van der Waals surface area contributed by atoms with Crippen LogP contribution in [-0.4, -0.2) is 30.5 Å². The summed E-state index contributed by atoms with van der Waals surface area (Å²) in [6, 6.07) is 13.7. The fourth-order valence-corrected chi connectivity index (χ4v) is 2.95. The Morgan fingerprint density at radius 1 is 1.24 bits per heavy atom. The van der Waals surface area contributed by atoms with E-state index in [-0.39, 0.29) is 5.91 Å². The molecule has 2 rings (SSSR count). The van der Waals surface area contributed by atoms with Crippen molar-refractivity contribution in [3.8, 4) is 0 Å². The second kappa shape index (κ2) is 7.48. The Morgan fingerprint density at radius 2 is 1.95 bits per heavy atom. The number of fused-ring (bicyclic) bond motifs is 1. The molecule has 3 nitrogen and oxygen atoms in total. The molecule has 0 bridgehead atoms. The largest absolute Gasteiger partial charge is 0.320 e. The van der Waals surface area contributed by atoms with Crippen molar-refractivity contribution in [2.45, 2.75) is 19.4 Å². The van der Waals surface area contributed by atoms with Gasteiger partial charge in [0.2, 0.25) is 5.91 Å². The minimum absolute atomic E-state index is 0.00269. The van der Waals surface area contributed by atoms with Gasteiger partial charge in [-0.1, -0.05) is 36.4 Å². The van der Waals surface area contributed by atoms with Crippen molar-refractivity contribution in [3.63, 3.8) is 0 Å². The van der Waals surface area contributed by atoms with Gasteiger partial charge in [-0.3, -0.25) is 4.79 Å². The number of amides is 1. The third-order valence-electron chi connectivity index (χ3n) is 3.59. The molecule has 0 saturated heterocycles. The van der Waals surface area contributed by atoms with Crippen molar-refractivity contribution < 1.29 is 4.79 Å². The summed E-state index contributed by atoms with van der Waals surface area (Å²) in [6.45, 7) is 2.61. The van der Waals surface area contributed by atoms with Gasteiger partial charge in [0.05, 0.1) is 11.7 Å². The molecule has 0 aliphatic carbocycles. The molecule has 0 heterocycles. The van der Waals surface area contributed by atoms with E-state index in [0.717, 1.165) is 22.2 Å². The molecule has 0 aliphatic rings. The van der Waals surface area contributed by atoms with Crippen molar-refractivity contribution in [3.05, 3.63) is 42.5 Å². The molecule has 21 heavy (non-hydrogen) atoms. The average molecular weight is 302 g/mol. The molecule has 2 aromatic carbocycles. The molecule has 0 radical (unpaired) electrons. The van der Waals surface area contributed by atoms with E-state index in [0.29, 0.717) is 13.0 Å². The lowest BCUT2D eigenvalue weighted by Gasteiger charge is -2.25. The van der Waals surface area contributed by atoms with Crippen molar-refractivity contribution in [1.29, 1.82) is 0 Å². The van der Waals surface area contributed by atoms with Crippen molar-refractivity contribution in [2.24, 2.45) is 5.73 Å². The maximum Gasteiger partial charge on any atom is 0.243 e. The summed E-state index contributed by atoms with van der Waals surface area (Å²) in [5, 5.41) is 2.23. The molecular formula is C17H22N2OS. The first kappa shape index (κ1) is 15.9. The van der Waals surface area contributed by atoms with Gasteiger partial charge in [0.15, 0.2) is 0 Å². The molecule has 2 N–H and O–H groups in total. The SMILES string of the molecule is CCN(C(=O)[C@@H](N)CCSC)c1cccc2ccccc12. The minimum atomic E-state index is -0.434. The highest BCUT2D eigenvalue weighted by atomic mass is 32.2. The molecule has 0 saturated carbocycles. The summed E-state index contributed by atoms with van der Waals surface area (Å²) in [4.78, 5) is 14.4. The molecular weight excluding hydrogens is 280 g/mol. The quantitative estimate of drug-likeness (QED) is 0.891. The molecule has 0 aliphatic heterocycles. The van der Waals surface area contributed by atoms with Crippen LogP contribution in [0.3, 0.4) is 0 Å². The minimum Gasteiger partial charge on any atom is -0.320 e. The first-order valence-electron chi connectivity index (χ1n) is 7.22. The topological polar surface area (TPSA) is 46.3 Å². The molecule has 0 aromatic heterocycles. The van der Waals surface area contributed by atoms with Crippen LogP contribution in [0.2, 0.25) is 0 Å². The van der Waals surface area contributed by atoms with Gasteiger partial charge in [-0.15, -0.1) is 0 Å². The molecule has 0 unspecified atom stereocenters. The number of thioether (sulfide) groups is 1. The zero-order valence-corrected chi connectivity index (χ0v) is 13.4. The van der Waals surface area contributed by atoms with E-state index in [2.05, 4.69) is 12.1 Å². The Morgan fingerprint density at radius 3 is 2.67 bits per heavy atom. The van der Waals surface area contributed by atoms with Crippen LogP contribution in [0.5, 0.6) is 0 Å². The Hall–Kier alpha value is -1.52. The molecule has 2 aromatic rings. The highest BCUT2D eigenvalue weighted by Crippen LogP contribution is 2.27. The highest BCUT2D eigenvalue weighted by Gasteiger charge is 2.22. The maximum absolute atomic E-state index is 12.6. The van der Waals surface area contributed by atoms with Crippen LogP contribution in [0.25, 0.3) is 10.8 Å². The van der Waals surface area contributed by atoms with Crippen LogP contribution < -0.4 is 10.6 Å². The Kier molecular flexibility index (Phi) is 5.65. The second-order valence-electron chi connectivity index (χ2n) is 4.97. The van der Waals surface area contributed by atoms with Crippen LogP contribution in [0.1, 0.15) is 13.3 Å². The lowest BCUT2D eigenvalue weighted by atomic mass is 10.1. The van der Waals surface area contributed by atoms with E-state index in [1.165, 1.54) is 0 Å². The van der Waals surface area contributed by atoms with Crippen molar-refractivity contribution in [1.82, 2.24) is 0 Å². The third-order valence-corrected chi connectivity index (χ3v) is 4.23. The number of likely N-dealkylation sites (N-methyl/N-ethyl adjacent to an activating group) is 1. The monoisotopic (exact) mass is 302 g/mol. The molecule has 1 atom stereocenters. The number of hydrogen-bond donors (Lipinski definition) is 1. The summed E-state index contributed by atoms with van der Waals surface area (Å²) in [5.74, 6) is 0.905. The second-order valence-corrected chi connectivity index (χ2v) is 5.95. The van der Waals surface area contributed by atoms with Crippen molar-refractivity contribution >= 4 is 34.1 Å². The van der Waals surface area contributed by atoms with Gasteiger partial charge in [0.25, 0.3) is 0 Å². The summed E-state index contributed by atoms with van der Waals surface area (Å²) >= 11 is 1.71. The van der Waals surface area contributed by atoms with Crippen molar-refractivity contribution in [2.75, 3.05) is 23.5 Å². The van der Waals surface area contributed by atoms with E-state index >= 15 is 0 Å². The normalized spacial score (nSPS) is 12.3. The van der Waals surface area contributed by atoms with Gasteiger partial charge in [-0.05, 0) is 36.8 Å². The predicted molar refractivity (Wildman–Crippen MR) is 92.9 cm³/mol. The lowest BCUT2D eigenvalue weighted by molar-refractivity contribution is -0.119. The first-order valence-corrected chi connectivity index (χ1v) is 8.62. The highest BCUT2D eigenvalue weighted by molar-refractivity contribution is 7.98. The number of carbonyl (C=O) groups excluding carboxylic acids is 1. The summed E-state index contributed by atoms with van der Waals surface area (Å²) in [5.41, 5.74) is 7.00. The average Bonchev–Trinajstić information content (AvgIpc) is 2.53. The molecule has 0 fully saturated rings. The number of carbonyl (C=O) groups is 1. The fourth-order valence-electron chi connectivity index (χ4n) is 2.46. The van der Waals surface area contributed by atoms with Crippen LogP contribution in [-0.2, 0) is 4.79 Å². The van der Waals surface area contributed by atoms with Crippen LogP contribution in [0.15, 0.2) is 42.5 Å². The lowest BCUT2D eigenvalue weighted by Crippen LogP contribution is -2.44. The van der Waals surface area contributed by atoms with Gasteiger partial charge in [-0.2, -0.15) is 11.8 Å². The molecule has 4 heteroatoms. The van der Waals surface area contributed by atoms with Gasteiger partial charge in [0, 0.05) is 11.9 Å². The standard InChI is InChI=1S/C17H22N2OS/c1-3-19(17(20)15(18)11-12-21-2)16-10-6-8-13-7-4-5-9-14(13)16/h4-10,15H,3,11-12,18H2,1-2H3/t15-/m0/s1. The van der Waals surface area contributed by atoms with E-state index < -0.39 is 6.04 Å². The zero-order valence-electron chi connectivity index (χ0n) is 12.6. The van der Waals surface area contributed by atoms with Crippen LogP contribution in [0.4, 0.5) is 5.69 Å². The summed E-state index contributed by atoms with van der Waals surface area (Å²) < 4.78 is 0. The summed E-state index contributed by atoms with van der Waals surface area (Å²) in [6.07, 6.45) is 2.74. The predicted octanol–water partition coefficient (Wildman–Crippen LogP) is 3.27. The van der Waals surface area contributed by atoms with Crippen LogP contribution >= 0.6 is 11.8 Å². The number of benzene rings is 2. The molecule has 0 spiro atoms. The van der Waals surface area contributed by atoms with Gasteiger partial charge < -0.3 is 10.6 Å².